The number of β-amino-alcohol motifs (C(OH)–C–C–N with tert-alkyl or cyclic N) is 1. The Balaban J connectivity index is 1.45. The summed E-state index contributed by atoms with van der Waals surface area (Å²) in [5.41, 5.74) is 1.67. The van der Waals surface area contributed by atoms with E-state index >= 15 is 0 Å². The predicted molar refractivity (Wildman–Crippen MR) is 106 cm³/mol. The van der Waals surface area contributed by atoms with Crippen LogP contribution in [-0.4, -0.2) is 66.2 Å². The van der Waals surface area contributed by atoms with Crippen molar-refractivity contribution in [3.8, 4) is 5.75 Å². The predicted octanol–water partition coefficient (Wildman–Crippen LogP) is 2.72. The highest BCUT2D eigenvalue weighted by Crippen LogP contribution is 2.13. The van der Waals surface area contributed by atoms with Gasteiger partial charge in [0.05, 0.1) is 0 Å². The summed E-state index contributed by atoms with van der Waals surface area (Å²) in [6.07, 6.45) is 0.235. The van der Waals surface area contributed by atoms with E-state index in [2.05, 4.69) is 4.90 Å². The molecule has 6 heteroatoms. The van der Waals surface area contributed by atoms with E-state index in [0.29, 0.717) is 31.7 Å². The van der Waals surface area contributed by atoms with Gasteiger partial charge in [-0.25, -0.2) is 4.39 Å². The summed E-state index contributed by atoms with van der Waals surface area (Å²) in [5, 5.41) is 10.3. The summed E-state index contributed by atoms with van der Waals surface area (Å²) >= 11 is 0. The molecule has 1 aliphatic rings. The monoisotopic (exact) mass is 386 g/mol. The minimum absolute atomic E-state index is 0.0786. The van der Waals surface area contributed by atoms with Gasteiger partial charge in [-0.2, -0.15) is 0 Å². The zero-order chi connectivity index (χ0) is 19.9. The van der Waals surface area contributed by atoms with Gasteiger partial charge in [0.1, 0.15) is 24.3 Å². The molecule has 3 rings (SSSR count). The van der Waals surface area contributed by atoms with Gasteiger partial charge in [-0.15, -0.1) is 0 Å². The summed E-state index contributed by atoms with van der Waals surface area (Å²) in [4.78, 5) is 16.5. The van der Waals surface area contributed by atoms with Crippen LogP contribution < -0.4 is 4.74 Å². The molecule has 2 aromatic carbocycles. The van der Waals surface area contributed by atoms with E-state index in [0.717, 1.165) is 24.3 Å². The van der Waals surface area contributed by atoms with Gasteiger partial charge < -0.3 is 14.7 Å². The normalized spacial score (nSPS) is 16.5. The number of rotatable bonds is 6. The Bertz CT molecular complexity index is 764. The van der Waals surface area contributed by atoms with Crippen LogP contribution in [0.4, 0.5) is 4.39 Å². The van der Waals surface area contributed by atoms with Crippen molar-refractivity contribution < 1.29 is 19.0 Å². The Labute approximate surface area is 165 Å². The summed E-state index contributed by atoms with van der Waals surface area (Å²) in [5.74, 6) is 0.321. The van der Waals surface area contributed by atoms with Crippen LogP contribution in [0.25, 0.3) is 0 Å². The Morgan fingerprint density at radius 3 is 2.50 bits per heavy atom. The molecule has 2 aromatic rings. The standard InChI is InChI=1S/C22H27FN2O3/c1-17-3-9-21(10-4-17)28-16-20(26)15-24-11-2-12-25(14-13-24)22(27)18-5-7-19(23)8-6-18/h3-10,20,26H,2,11-16H2,1H3. The lowest BCUT2D eigenvalue weighted by molar-refractivity contribution is 0.0670. The van der Waals surface area contributed by atoms with E-state index in [1.165, 1.54) is 24.3 Å². The summed E-state index contributed by atoms with van der Waals surface area (Å²) in [7, 11) is 0. The minimum Gasteiger partial charge on any atom is -0.491 e. The van der Waals surface area contributed by atoms with Crippen molar-refractivity contribution in [2.45, 2.75) is 19.4 Å². The molecule has 28 heavy (non-hydrogen) atoms. The Morgan fingerprint density at radius 1 is 1.07 bits per heavy atom. The van der Waals surface area contributed by atoms with Crippen LogP contribution in [0.2, 0.25) is 0 Å². The molecule has 1 fully saturated rings. The molecule has 5 nitrogen and oxygen atoms in total. The number of ether oxygens (including phenoxy) is 1. The Hall–Kier alpha value is -2.44. The Morgan fingerprint density at radius 2 is 1.79 bits per heavy atom. The molecule has 1 heterocycles. The number of aliphatic hydroxyl groups is 1. The van der Waals surface area contributed by atoms with E-state index in [1.807, 2.05) is 31.2 Å². The number of benzene rings is 2. The van der Waals surface area contributed by atoms with Crippen molar-refractivity contribution in [1.82, 2.24) is 9.80 Å². The first-order valence-corrected chi connectivity index (χ1v) is 9.66. The van der Waals surface area contributed by atoms with Gasteiger partial charge in [-0.3, -0.25) is 9.69 Å². The highest BCUT2D eigenvalue weighted by atomic mass is 19.1. The van der Waals surface area contributed by atoms with Crippen LogP contribution in [0.1, 0.15) is 22.3 Å². The molecule has 0 bridgehead atoms. The van der Waals surface area contributed by atoms with Gasteiger partial charge in [0.15, 0.2) is 0 Å². The molecule has 0 aromatic heterocycles. The smallest absolute Gasteiger partial charge is 0.253 e. The maximum Gasteiger partial charge on any atom is 0.253 e. The lowest BCUT2D eigenvalue weighted by Gasteiger charge is -2.24. The fourth-order valence-corrected chi connectivity index (χ4v) is 3.31. The van der Waals surface area contributed by atoms with Gasteiger partial charge in [-0.05, 0) is 56.3 Å². The Kier molecular flexibility index (Phi) is 7.01. The lowest BCUT2D eigenvalue weighted by atomic mass is 10.2. The number of aryl methyl sites for hydroxylation is 1. The van der Waals surface area contributed by atoms with E-state index in [9.17, 15) is 14.3 Å². The highest BCUT2D eigenvalue weighted by Gasteiger charge is 2.21. The second-order valence-corrected chi connectivity index (χ2v) is 7.23. The van der Waals surface area contributed by atoms with Crippen LogP contribution in [0.15, 0.2) is 48.5 Å². The zero-order valence-electron chi connectivity index (χ0n) is 16.2. The third-order valence-electron chi connectivity index (χ3n) is 4.90. The first-order valence-electron chi connectivity index (χ1n) is 9.66. The van der Waals surface area contributed by atoms with Crippen LogP contribution in [0.5, 0.6) is 5.75 Å². The minimum atomic E-state index is -0.597. The molecule has 1 unspecified atom stereocenters. The maximum absolute atomic E-state index is 13.1. The summed E-state index contributed by atoms with van der Waals surface area (Å²) in [6, 6.07) is 13.4. The number of aliphatic hydroxyl groups excluding tert-OH is 1. The highest BCUT2D eigenvalue weighted by molar-refractivity contribution is 5.94. The van der Waals surface area contributed by atoms with E-state index in [-0.39, 0.29) is 18.3 Å². The fourth-order valence-electron chi connectivity index (χ4n) is 3.31. The van der Waals surface area contributed by atoms with Gasteiger partial charge in [0.25, 0.3) is 5.91 Å². The third kappa shape index (κ3) is 5.78. The number of nitrogens with zero attached hydrogens (tertiary/aromatic N) is 2. The van der Waals surface area contributed by atoms with Crippen molar-refractivity contribution in [2.24, 2.45) is 0 Å². The van der Waals surface area contributed by atoms with Crippen molar-refractivity contribution in [2.75, 3.05) is 39.3 Å². The van der Waals surface area contributed by atoms with Crippen molar-refractivity contribution in [1.29, 1.82) is 0 Å². The fraction of sp³-hybridized carbons (Fsp3) is 0.409. The average Bonchev–Trinajstić information content (AvgIpc) is 2.93. The number of hydrogen-bond donors (Lipinski definition) is 1. The summed E-state index contributed by atoms with van der Waals surface area (Å²) < 4.78 is 18.7. The molecule has 1 N–H and O–H groups in total. The maximum atomic E-state index is 13.1. The summed E-state index contributed by atoms with van der Waals surface area (Å²) in [6.45, 7) is 5.50. The first-order chi connectivity index (χ1) is 13.5. The molecular weight excluding hydrogens is 359 g/mol. The molecule has 150 valence electrons. The second-order valence-electron chi connectivity index (χ2n) is 7.23. The quantitative estimate of drug-likeness (QED) is 0.830. The first kappa shape index (κ1) is 20.3. The largest absolute Gasteiger partial charge is 0.491 e. The van der Waals surface area contributed by atoms with Crippen LogP contribution in [0.3, 0.4) is 0 Å². The van der Waals surface area contributed by atoms with E-state index in [4.69, 9.17) is 4.74 Å². The third-order valence-corrected chi connectivity index (χ3v) is 4.90. The molecule has 0 spiro atoms. The lowest BCUT2D eigenvalue weighted by Crippen LogP contribution is -2.39. The molecule has 0 aliphatic carbocycles. The average molecular weight is 386 g/mol. The molecule has 1 saturated heterocycles. The topological polar surface area (TPSA) is 53.0 Å². The van der Waals surface area contributed by atoms with Crippen molar-refractivity contribution >= 4 is 5.91 Å². The molecule has 0 radical (unpaired) electrons. The van der Waals surface area contributed by atoms with Crippen LogP contribution >= 0.6 is 0 Å². The number of hydrogen-bond acceptors (Lipinski definition) is 4. The van der Waals surface area contributed by atoms with Gasteiger partial charge in [0, 0.05) is 31.7 Å². The van der Waals surface area contributed by atoms with Gasteiger partial charge in [-0.1, -0.05) is 17.7 Å². The number of carbonyl (C=O) groups excluding carboxylic acids is 1. The van der Waals surface area contributed by atoms with E-state index in [1.54, 1.807) is 4.90 Å². The molecule has 1 aliphatic heterocycles. The number of carbonyl (C=O) groups is 1. The second kappa shape index (κ2) is 9.66. The number of halogens is 1. The van der Waals surface area contributed by atoms with Crippen LogP contribution in [-0.2, 0) is 0 Å². The number of amides is 1. The molecule has 1 amide bonds. The molecule has 1 atom stereocenters. The van der Waals surface area contributed by atoms with Crippen molar-refractivity contribution in [3.63, 3.8) is 0 Å². The van der Waals surface area contributed by atoms with E-state index < -0.39 is 6.10 Å². The van der Waals surface area contributed by atoms with Gasteiger partial charge >= 0.3 is 0 Å². The zero-order valence-corrected chi connectivity index (χ0v) is 16.2. The van der Waals surface area contributed by atoms with Crippen molar-refractivity contribution in [3.05, 3.63) is 65.5 Å². The van der Waals surface area contributed by atoms with Gasteiger partial charge in [0.2, 0.25) is 0 Å². The van der Waals surface area contributed by atoms with Crippen LogP contribution in [0, 0.1) is 12.7 Å². The molecule has 0 saturated carbocycles. The molecular formula is C22H27FN2O3. The SMILES string of the molecule is Cc1ccc(OCC(O)CN2CCCN(C(=O)c3ccc(F)cc3)CC2)cc1.